The third-order valence-electron chi connectivity index (χ3n) is 4.62. The average molecular weight is 369 g/mol. The molecule has 1 fully saturated rings. The maximum absolute atomic E-state index is 5.45. The highest BCUT2D eigenvalue weighted by molar-refractivity contribution is 5.87. The fourth-order valence-corrected chi connectivity index (χ4v) is 3.12. The van der Waals surface area contributed by atoms with Gasteiger partial charge in [0.25, 0.3) is 0 Å². The number of aliphatic imine (C=N–C) groups is 1. The summed E-state index contributed by atoms with van der Waals surface area (Å²) in [4.78, 5) is 7.28. The molecule has 27 heavy (non-hydrogen) atoms. The van der Waals surface area contributed by atoms with Crippen LogP contribution >= 0.6 is 0 Å². The molecule has 3 rings (SSSR count). The summed E-state index contributed by atoms with van der Waals surface area (Å²) in [6.07, 6.45) is 0.729. The second-order valence-corrected chi connectivity index (χ2v) is 6.33. The summed E-state index contributed by atoms with van der Waals surface area (Å²) >= 11 is 0. The van der Waals surface area contributed by atoms with Crippen molar-refractivity contribution in [2.24, 2.45) is 4.99 Å². The van der Waals surface area contributed by atoms with Gasteiger partial charge in [0, 0.05) is 32.6 Å². The molecule has 0 bridgehead atoms. The molecule has 2 aromatic rings. The second kappa shape index (κ2) is 9.28. The van der Waals surface area contributed by atoms with Crippen LogP contribution in [0.15, 0.2) is 47.5 Å². The van der Waals surface area contributed by atoms with Crippen LogP contribution in [-0.2, 0) is 6.42 Å². The van der Waals surface area contributed by atoms with Crippen LogP contribution in [0.3, 0.4) is 0 Å². The van der Waals surface area contributed by atoms with Gasteiger partial charge in [-0.05, 0) is 42.0 Å². The molecule has 0 unspecified atom stereocenters. The zero-order valence-electron chi connectivity index (χ0n) is 16.2. The van der Waals surface area contributed by atoms with Crippen LogP contribution in [0.1, 0.15) is 5.56 Å². The third-order valence-corrected chi connectivity index (χ3v) is 4.62. The lowest BCUT2D eigenvalue weighted by atomic mass is 10.1. The van der Waals surface area contributed by atoms with Gasteiger partial charge in [0.2, 0.25) is 0 Å². The summed E-state index contributed by atoms with van der Waals surface area (Å²) in [7, 11) is 4.97. The van der Waals surface area contributed by atoms with E-state index in [2.05, 4.69) is 16.3 Å². The number of amidine groups is 1. The number of nitrogens with zero attached hydrogens (tertiary/aromatic N) is 2. The van der Waals surface area contributed by atoms with Crippen molar-refractivity contribution in [2.75, 3.05) is 47.5 Å². The van der Waals surface area contributed by atoms with E-state index in [4.69, 9.17) is 19.2 Å². The largest absolute Gasteiger partial charge is 0.497 e. The molecule has 1 aliphatic rings. The third kappa shape index (κ3) is 4.92. The number of methoxy groups -OCH3 is 3. The number of piperazine rings is 1. The molecule has 144 valence electrons. The van der Waals surface area contributed by atoms with E-state index in [0.717, 1.165) is 66.9 Å². The van der Waals surface area contributed by atoms with E-state index in [-0.39, 0.29) is 0 Å². The van der Waals surface area contributed by atoms with Gasteiger partial charge in [-0.2, -0.15) is 0 Å². The summed E-state index contributed by atoms with van der Waals surface area (Å²) < 4.78 is 16.0. The minimum Gasteiger partial charge on any atom is -0.497 e. The number of nitrogens with one attached hydrogen (secondary N) is 1. The van der Waals surface area contributed by atoms with Crippen molar-refractivity contribution in [1.29, 1.82) is 0 Å². The Morgan fingerprint density at radius 2 is 1.63 bits per heavy atom. The number of ether oxygens (including phenoxy) is 3. The van der Waals surface area contributed by atoms with Crippen molar-refractivity contribution in [2.45, 2.75) is 6.42 Å². The van der Waals surface area contributed by atoms with E-state index < -0.39 is 0 Å². The highest BCUT2D eigenvalue weighted by atomic mass is 16.5. The van der Waals surface area contributed by atoms with E-state index in [1.165, 1.54) is 0 Å². The topological polar surface area (TPSA) is 55.3 Å². The smallest absolute Gasteiger partial charge is 0.161 e. The van der Waals surface area contributed by atoms with E-state index >= 15 is 0 Å². The molecule has 0 aliphatic carbocycles. The van der Waals surface area contributed by atoms with Crippen LogP contribution in [0.4, 0.5) is 5.69 Å². The SMILES string of the molecule is COc1ccc(N=C(Cc2ccc(OC)c(OC)c2)N2CCNCC2)cc1. The average Bonchev–Trinajstić information content (AvgIpc) is 2.74. The first-order valence-electron chi connectivity index (χ1n) is 9.11. The van der Waals surface area contributed by atoms with Crippen LogP contribution in [-0.4, -0.2) is 58.2 Å². The standard InChI is InChI=1S/C21H27N3O3/c1-25-18-7-5-17(6-8-18)23-21(24-12-10-22-11-13-24)15-16-4-9-19(26-2)20(14-16)27-3/h4-9,14,22H,10-13,15H2,1-3H3. The predicted molar refractivity (Wildman–Crippen MR) is 108 cm³/mol. The molecule has 2 aromatic carbocycles. The molecular weight excluding hydrogens is 342 g/mol. The normalized spacial score (nSPS) is 14.8. The number of rotatable bonds is 6. The molecule has 1 aliphatic heterocycles. The zero-order chi connectivity index (χ0) is 19.1. The van der Waals surface area contributed by atoms with Crippen molar-refractivity contribution in [1.82, 2.24) is 10.2 Å². The van der Waals surface area contributed by atoms with Crippen LogP contribution in [0.25, 0.3) is 0 Å². The first-order chi connectivity index (χ1) is 13.2. The van der Waals surface area contributed by atoms with E-state index in [1.807, 2.05) is 36.4 Å². The Bertz CT molecular complexity index is 769. The highest BCUT2D eigenvalue weighted by Gasteiger charge is 2.16. The van der Waals surface area contributed by atoms with E-state index in [1.54, 1.807) is 21.3 Å². The van der Waals surface area contributed by atoms with Gasteiger partial charge in [-0.25, -0.2) is 4.99 Å². The van der Waals surface area contributed by atoms with Crippen LogP contribution in [0, 0.1) is 0 Å². The molecule has 6 heteroatoms. The number of benzene rings is 2. The lowest BCUT2D eigenvalue weighted by Gasteiger charge is -2.30. The maximum atomic E-state index is 5.45. The van der Waals surface area contributed by atoms with Gasteiger partial charge >= 0.3 is 0 Å². The van der Waals surface area contributed by atoms with Crippen molar-refractivity contribution in [3.05, 3.63) is 48.0 Å². The Hall–Kier alpha value is -2.73. The first-order valence-corrected chi connectivity index (χ1v) is 9.11. The van der Waals surface area contributed by atoms with E-state index in [9.17, 15) is 0 Å². The molecule has 1 N–H and O–H groups in total. The first kappa shape index (κ1) is 19.0. The van der Waals surface area contributed by atoms with Gasteiger partial charge < -0.3 is 24.4 Å². The lowest BCUT2D eigenvalue weighted by Crippen LogP contribution is -2.47. The molecule has 0 radical (unpaired) electrons. The molecule has 1 saturated heterocycles. The van der Waals surface area contributed by atoms with Gasteiger partial charge in [0.15, 0.2) is 11.5 Å². The summed E-state index contributed by atoms with van der Waals surface area (Å²) in [5.74, 6) is 3.35. The van der Waals surface area contributed by atoms with Crippen LogP contribution in [0.5, 0.6) is 17.2 Å². The van der Waals surface area contributed by atoms with Gasteiger partial charge in [-0.3, -0.25) is 0 Å². The van der Waals surface area contributed by atoms with Gasteiger partial charge in [-0.15, -0.1) is 0 Å². The maximum Gasteiger partial charge on any atom is 0.161 e. The summed E-state index contributed by atoms with van der Waals surface area (Å²) in [6, 6.07) is 13.9. The number of hydrogen-bond acceptors (Lipinski definition) is 5. The molecule has 0 spiro atoms. The fraction of sp³-hybridized carbons (Fsp3) is 0.381. The molecule has 0 atom stereocenters. The highest BCUT2D eigenvalue weighted by Crippen LogP contribution is 2.28. The Balaban J connectivity index is 1.88. The van der Waals surface area contributed by atoms with Gasteiger partial charge in [-0.1, -0.05) is 6.07 Å². The van der Waals surface area contributed by atoms with Crippen molar-refractivity contribution >= 4 is 11.5 Å². The van der Waals surface area contributed by atoms with Gasteiger partial charge in [0.05, 0.1) is 27.0 Å². The minimum atomic E-state index is 0.729. The monoisotopic (exact) mass is 369 g/mol. The molecular formula is C21H27N3O3. The molecule has 0 saturated carbocycles. The Morgan fingerprint density at radius 3 is 2.26 bits per heavy atom. The fourth-order valence-electron chi connectivity index (χ4n) is 3.12. The summed E-state index contributed by atoms with van der Waals surface area (Å²) in [5.41, 5.74) is 2.06. The quantitative estimate of drug-likeness (QED) is 0.627. The molecule has 6 nitrogen and oxygen atoms in total. The predicted octanol–water partition coefficient (Wildman–Crippen LogP) is 2.89. The summed E-state index contributed by atoms with van der Waals surface area (Å²) in [6.45, 7) is 3.83. The Labute approximate surface area is 160 Å². The molecule has 1 heterocycles. The molecule has 0 amide bonds. The van der Waals surface area contributed by atoms with Crippen molar-refractivity contribution in [3.8, 4) is 17.2 Å². The zero-order valence-corrected chi connectivity index (χ0v) is 16.2. The summed E-state index contributed by atoms with van der Waals surface area (Å²) in [5, 5.41) is 3.40. The molecule has 0 aromatic heterocycles. The van der Waals surface area contributed by atoms with Crippen molar-refractivity contribution < 1.29 is 14.2 Å². The lowest BCUT2D eigenvalue weighted by molar-refractivity contribution is 0.351. The van der Waals surface area contributed by atoms with E-state index in [0.29, 0.717) is 0 Å². The van der Waals surface area contributed by atoms with Gasteiger partial charge in [0.1, 0.15) is 11.6 Å². The number of hydrogen-bond donors (Lipinski definition) is 1. The Kier molecular flexibility index (Phi) is 6.54. The van der Waals surface area contributed by atoms with Crippen LogP contribution < -0.4 is 19.5 Å². The van der Waals surface area contributed by atoms with Crippen LogP contribution in [0.2, 0.25) is 0 Å². The second-order valence-electron chi connectivity index (χ2n) is 6.33. The Morgan fingerprint density at radius 1 is 0.926 bits per heavy atom. The van der Waals surface area contributed by atoms with Crippen molar-refractivity contribution in [3.63, 3.8) is 0 Å². The minimum absolute atomic E-state index is 0.729.